The lowest BCUT2D eigenvalue weighted by Crippen LogP contribution is -2.68. The number of hydrogen-bond donors (Lipinski definition) is 2. The lowest BCUT2D eigenvalue weighted by Gasteiger charge is -2.72. The fourth-order valence-corrected chi connectivity index (χ4v) is 16.8. The van der Waals surface area contributed by atoms with Crippen LogP contribution in [0.4, 0.5) is 4.39 Å². The minimum atomic E-state index is -2.96. The molecule has 0 bridgehead atoms. The molecule has 298 valence electrons. The Labute approximate surface area is 321 Å². The molecule has 6 aliphatic carbocycles. The molecule has 8 heteroatoms. The third-order valence-electron chi connectivity index (χ3n) is 18.0. The van der Waals surface area contributed by atoms with E-state index in [1.165, 1.54) is 68.1 Å². The zero-order valence-corrected chi connectivity index (χ0v) is 35.0. The van der Waals surface area contributed by atoms with E-state index < -0.39 is 27.9 Å². The zero-order chi connectivity index (χ0) is 38.4. The van der Waals surface area contributed by atoms with E-state index in [1.807, 2.05) is 0 Å². The van der Waals surface area contributed by atoms with E-state index >= 15 is 0 Å². The third-order valence-corrected chi connectivity index (χ3v) is 19.9. The van der Waals surface area contributed by atoms with Crippen LogP contribution in [0.15, 0.2) is 35.5 Å². The van der Waals surface area contributed by atoms with Gasteiger partial charge in [0.1, 0.15) is 6.67 Å². The molecule has 0 spiro atoms. The SMILES string of the molecule is C=C(C)C1CCC2(NCCN3CCS(=O)(=O)CC(C)C3)CCC3(C)C(CCC4C5(C)CC=C(C6=CCC(CF)(C(=O)O)CC6)C(C)(C)C5CCC43C)C12. The van der Waals surface area contributed by atoms with E-state index in [-0.39, 0.29) is 45.3 Å². The molecule has 11 atom stereocenters. The summed E-state index contributed by atoms with van der Waals surface area (Å²) in [5.41, 5.74) is 3.56. The summed E-state index contributed by atoms with van der Waals surface area (Å²) in [6.45, 7) is 24.4. The number of carboxylic acid groups (broad SMARTS) is 1. The Morgan fingerprint density at radius 3 is 2.40 bits per heavy atom. The van der Waals surface area contributed by atoms with E-state index in [1.54, 1.807) is 0 Å². The van der Waals surface area contributed by atoms with Crippen molar-refractivity contribution in [3.05, 3.63) is 35.5 Å². The van der Waals surface area contributed by atoms with Gasteiger partial charge in [0, 0.05) is 31.7 Å². The van der Waals surface area contributed by atoms with Crippen molar-refractivity contribution >= 4 is 15.8 Å². The molecule has 2 N–H and O–H groups in total. The summed E-state index contributed by atoms with van der Waals surface area (Å²) in [5.74, 6) is 2.75. The predicted octanol–water partition coefficient (Wildman–Crippen LogP) is 9.04. The van der Waals surface area contributed by atoms with Gasteiger partial charge in [0.15, 0.2) is 9.84 Å². The lowest BCUT2D eigenvalue weighted by molar-refractivity contribution is -0.221. The molecule has 53 heavy (non-hydrogen) atoms. The summed E-state index contributed by atoms with van der Waals surface area (Å²) in [5, 5.41) is 14.1. The Morgan fingerprint density at radius 1 is 0.981 bits per heavy atom. The van der Waals surface area contributed by atoms with Gasteiger partial charge in [0.25, 0.3) is 0 Å². The smallest absolute Gasteiger partial charge is 0.312 e. The second-order valence-electron chi connectivity index (χ2n) is 21.0. The Bertz CT molecular complexity index is 1650. The molecule has 4 saturated carbocycles. The molecule has 1 aliphatic heterocycles. The van der Waals surface area contributed by atoms with Gasteiger partial charge < -0.3 is 15.3 Å². The van der Waals surface area contributed by atoms with Crippen molar-refractivity contribution in [3.8, 4) is 0 Å². The van der Waals surface area contributed by atoms with Crippen molar-refractivity contribution in [1.82, 2.24) is 10.2 Å². The molecule has 7 aliphatic rings. The van der Waals surface area contributed by atoms with Crippen molar-refractivity contribution in [3.63, 3.8) is 0 Å². The lowest BCUT2D eigenvalue weighted by atomic mass is 9.33. The number of aliphatic carboxylic acids is 1. The first-order chi connectivity index (χ1) is 24.8. The highest BCUT2D eigenvalue weighted by Gasteiger charge is 2.70. The van der Waals surface area contributed by atoms with E-state index in [0.717, 1.165) is 26.1 Å². The topological polar surface area (TPSA) is 86.7 Å². The van der Waals surface area contributed by atoms with E-state index in [2.05, 4.69) is 77.4 Å². The van der Waals surface area contributed by atoms with E-state index in [4.69, 9.17) is 0 Å². The van der Waals surface area contributed by atoms with Gasteiger partial charge in [-0.15, -0.1) is 0 Å². The Morgan fingerprint density at radius 2 is 1.74 bits per heavy atom. The third kappa shape index (κ3) is 6.19. The molecule has 0 amide bonds. The molecule has 7 rings (SSSR count). The highest BCUT2D eigenvalue weighted by Crippen LogP contribution is 2.76. The molecule has 0 aromatic carbocycles. The number of alkyl halides is 1. The Kier molecular flexibility index (Phi) is 10.2. The van der Waals surface area contributed by atoms with Crippen molar-refractivity contribution in [2.24, 2.45) is 62.6 Å². The Hall–Kier alpha value is -1.51. The van der Waals surface area contributed by atoms with Gasteiger partial charge in [-0.05, 0) is 152 Å². The average Bonchev–Trinajstić information content (AvgIpc) is 3.40. The van der Waals surface area contributed by atoms with Crippen LogP contribution in [0.1, 0.15) is 126 Å². The number of nitrogens with one attached hydrogen (secondary N) is 1. The number of carbonyl (C=O) groups is 1. The van der Waals surface area contributed by atoms with Crippen molar-refractivity contribution in [2.45, 2.75) is 131 Å². The zero-order valence-electron chi connectivity index (χ0n) is 34.2. The van der Waals surface area contributed by atoms with Crippen LogP contribution in [0.3, 0.4) is 0 Å². The summed E-state index contributed by atoms with van der Waals surface area (Å²) in [6.07, 6.45) is 16.9. The molecule has 6 nitrogen and oxygen atoms in total. The quantitative estimate of drug-likeness (QED) is 0.241. The number of nitrogens with zero attached hydrogens (tertiary/aromatic N) is 1. The molecular formula is C45H71FN2O4S. The van der Waals surface area contributed by atoms with Gasteiger partial charge in [-0.25, -0.2) is 12.8 Å². The summed E-state index contributed by atoms with van der Waals surface area (Å²) in [4.78, 5) is 14.4. The highest BCUT2D eigenvalue weighted by atomic mass is 32.2. The number of rotatable bonds is 8. The summed E-state index contributed by atoms with van der Waals surface area (Å²) < 4.78 is 38.9. The Balaban J connectivity index is 1.13. The molecule has 0 aromatic rings. The minimum Gasteiger partial charge on any atom is -0.481 e. The van der Waals surface area contributed by atoms with Crippen molar-refractivity contribution in [1.29, 1.82) is 0 Å². The number of allylic oxidation sites excluding steroid dienone is 5. The van der Waals surface area contributed by atoms with Crippen LogP contribution in [-0.2, 0) is 14.6 Å². The van der Waals surface area contributed by atoms with Gasteiger partial charge in [0.05, 0.1) is 16.9 Å². The van der Waals surface area contributed by atoms with Crippen LogP contribution in [-0.4, -0.2) is 74.3 Å². The summed E-state index contributed by atoms with van der Waals surface area (Å²) in [6, 6.07) is 0. The van der Waals surface area contributed by atoms with Gasteiger partial charge in [0.2, 0.25) is 0 Å². The molecule has 0 aromatic heterocycles. The van der Waals surface area contributed by atoms with Gasteiger partial charge >= 0.3 is 5.97 Å². The maximum Gasteiger partial charge on any atom is 0.312 e. The van der Waals surface area contributed by atoms with Crippen LogP contribution >= 0.6 is 0 Å². The molecular weight excluding hydrogens is 684 g/mol. The van der Waals surface area contributed by atoms with Gasteiger partial charge in [-0.2, -0.15) is 0 Å². The average molecular weight is 755 g/mol. The van der Waals surface area contributed by atoms with Crippen LogP contribution in [0.25, 0.3) is 0 Å². The second-order valence-corrected chi connectivity index (χ2v) is 23.2. The first-order valence-electron chi connectivity index (χ1n) is 21.3. The van der Waals surface area contributed by atoms with Crippen LogP contribution in [0, 0.1) is 62.6 Å². The highest BCUT2D eigenvalue weighted by molar-refractivity contribution is 7.91. The minimum absolute atomic E-state index is 0.0195. The monoisotopic (exact) mass is 755 g/mol. The maximum atomic E-state index is 14.0. The first-order valence-corrected chi connectivity index (χ1v) is 23.1. The van der Waals surface area contributed by atoms with E-state index in [9.17, 15) is 22.7 Å². The van der Waals surface area contributed by atoms with Crippen molar-refractivity contribution < 1.29 is 22.7 Å². The molecule has 5 fully saturated rings. The maximum absolute atomic E-state index is 14.0. The fourth-order valence-electron chi connectivity index (χ4n) is 15.2. The van der Waals surface area contributed by atoms with Gasteiger partial charge in [-0.3, -0.25) is 4.79 Å². The number of halogens is 1. The predicted molar refractivity (Wildman–Crippen MR) is 213 cm³/mol. The summed E-state index contributed by atoms with van der Waals surface area (Å²) in [7, 11) is -2.96. The second kappa shape index (κ2) is 13.6. The number of hydrogen-bond acceptors (Lipinski definition) is 5. The summed E-state index contributed by atoms with van der Waals surface area (Å²) >= 11 is 0. The molecule has 1 saturated heterocycles. The fraction of sp³-hybridized carbons (Fsp3) is 0.844. The normalized spacial score (nSPS) is 46.4. The number of fused-ring (bicyclic) bond motifs is 7. The van der Waals surface area contributed by atoms with Crippen LogP contribution < -0.4 is 5.32 Å². The van der Waals surface area contributed by atoms with E-state index in [0.29, 0.717) is 54.7 Å². The number of sulfone groups is 1. The van der Waals surface area contributed by atoms with Crippen LogP contribution in [0.2, 0.25) is 0 Å². The standard InChI is InChI=1S/C45H71FN2O4S/c1-30(2)33-13-20-45(47-23-24-48-25-26-53(51,52)28-31(3)27-48)22-21-42(7)35(38(33)45)9-10-37-41(6)16-14-34(40(4,5)36(41)15-17-43(37,42)8)32-11-18-44(29-46,19-12-32)39(49)50/h11,14,31,33,35-38,47H,1,9-10,12-13,15-29H2,2-8H3,(H,49,50). The molecule has 11 unspecified atom stereocenters. The molecule has 1 heterocycles. The number of carboxylic acids is 1. The van der Waals surface area contributed by atoms with Crippen LogP contribution in [0.5, 0.6) is 0 Å². The largest absolute Gasteiger partial charge is 0.481 e. The first kappa shape index (κ1) is 39.7. The molecule has 0 radical (unpaired) electrons. The van der Waals surface area contributed by atoms with Gasteiger partial charge in [-0.1, -0.05) is 65.8 Å². The van der Waals surface area contributed by atoms with Crippen molar-refractivity contribution in [2.75, 3.05) is 44.4 Å².